The number of hydrogen-bond acceptors (Lipinski definition) is 5. The van der Waals surface area contributed by atoms with Crippen molar-refractivity contribution < 1.29 is 24.5 Å². The molecule has 5 rings (SSSR count). The Kier molecular flexibility index (Phi) is 6.01. The molecule has 5 fully saturated rings. The van der Waals surface area contributed by atoms with Gasteiger partial charge in [-0.25, -0.2) is 0 Å². The number of rotatable bonds is 2. The van der Waals surface area contributed by atoms with Crippen LogP contribution in [0.3, 0.4) is 0 Å². The zero-order valence-electron chi connectivity index (χ0n) is 24.8. The SMILES string of the molecule is CC(=O)OC1CC2(C)C(CCC3C4(C)CCC(C(C)(C)O)C4C(O)CC32C)C2(C)CCC(=O)C(C)(C)C12. The molecule has 2 N–H and O–H groups in total. The molecule has 0 bridgehead atoms. The topological polar surface area (TPSA) is 83.8 Å². The van der Waals surface area contributed by atoms with E-state index in [1.54, 1.807) is 0 Å². The number of aliphatic hydroxyl groups is 2. The fourth-order valence-electron chi connectivity index (χ4n) is 12.4. The summed E-state index contributed by atoms with van der Waals surface area (Å²) in [5.41, 5.74) is -1.70. The maximum absolute atomic E-state index is 13.2. The first-order chi connectivity index (χ1) is 16.8. The molecule has 210 valence electrons. The number of ether oxygens (including phenoxy) is 1. The van der Waals surface area contributed by atoms with Crippen LogP contribution in [-0.2, 0) is 14.3 Å². The second-order valence-corrected chi connectivity index (χ2v) is 16.1. The van der Waals surface area contributed by atoms with E-state index in [1.165, 1.54) is 6.92 Å². The molecule has 0 aromatic carbocycles. The number of esters is 1. The quantitative estimate of drug-likeness (QED) is 0.444. The van der Waals surface area contributed by atoms with Gasteiger partial charge in [-0.15, -0.1) is 0 Å². The molecule has 5 nitrogen and oxygen atoms in total. The van der Waals surface area contributed by atoms with E-state index in [4.69, 9.17) is 4.74 Å². The van der Waals surface area contributed by atoms with E-state index in [0.29, 0.717) is 24.0 Å². The minimum absolute atomic E-state index is 0.00581. The van der Waals surface area contributed by atoms with Gasteiger partial charge < -0.3 is 14.9 Å². The van der Waals surface area contributed by atoms with Crippen molar-refractivity contribution in [2.45, 2.75) is 131 Å². The van der Waals surface area contributed by atoms with Crippen LogP contribution in [0.2, 0.25) is 0 Å². The van der Waals surface area contributed by atoms with Gasteiger partial charge in [0.25, 0.3) is 0 Å². The van der Waals surface area contributed by atoms with Gasteiger partial charge in [0, 0.05) is 24.7 Å². The van der Waals surface area contributed by atoms with Crippen LogP contribution in [0.5, 0.6) is 0 Å². The van der Waals surface area contributed by atoms with Crippen LogP contribution in [0.1, 0.15) is 114 Å². The molecular weight excluding hydrogens is 464 g/mol. The van der Waals surface area contributed by atoms with E-state index >= 15 is 0 Å². The van der Waals surface area contributed by atoms with Gasteiger partial charge >= 0.3 is 5.97 Å². The van der Waals surface area contributed by atoms with E-state index in [2.05, 4.69) is 41.5 Å². The predicted molar refractivity (Wildman–Crippen MR) is 143 cm³/mol. The molecule has 0 saturated heterocycles. The number of hydrogen-bond donors (Lipinski definition) is 2. The third kappa shape index (κ3) is 3.47. The lowest BCUT2D eigenvalue weighted by Gasteiger charge is -2.74. The van der Waals surface area contributed by atoms with Crippen LogP contribution in [0.15, 0.2) is 0 Å². The van der Waals surface area contributed by atoms with Gasteiger partial charge in [0.05, 0.1) is 11.7 Å². The first kappa shape index (κ1) is 27.6. The van der Waals surface area contributed by atoms with Gasteiger partial charge in [0.1, 0.15) is 11.9 Å². The van der Waals surface area contributed by atoms with Gasteiger partial charge in [0.15, 0.2) is 0 Å². The maximum atomic E-state index is 13.2. The number of carbonyl (C=O) groups excluding carboxylic acids is 2. The zero-order chi connectivity index (χ0) is 27.6. The summed E-state index contributed by atoms with van der Waals surface area (Å²) in [6.07, 6.45) is 6.42. The highest BCUT2D eigenvalue weighted by molar-refractivity contribution is 5.85. The number of Topliss-reactive ketones (excluding diaryl/α,β-unsaturated/α-hetero) is 1. The number of ketones is 1. The molecule has 0 aliphatic heterocycles. The minimum Gasteiger partial charge on any atom is -0.462 e. The van der Waals surface area contributed by atoms with Crippen LogP contribution in [0.4, 0.5) is 0 Å². The molecule has 0 radical (unpaired) electrons. The molecule has 0 aromatic heterocycles. The van der Waals surface area contributed by atoms with E-state index in [9.17, 15) is 19.8 Å². The molecule has 11 unspecified atom stereocenters. The van der Waals surface area contributed by atoms with Crippen molar-refractivity contribution in [2.75, 3.05) is 0 Å². The molecule has 11 atom stereocenters. The van der Waals surface area contributed by atoms with E-state index in [1.807, 2.05) is 13.8 Å². The molecule has 5 aliphatic carbocycles. The monoisotopic (exact) mass is 516 g/mol. The van der Waals surface area contributed by atoms with E-state index in [0.717, 1.165) is 44.9 Å². The largest absolute Gasteiger partial charge is 0.462 e. The van der Waals surface area contributed by atoms with Gasteiger partial charge in [-0.2, -0.15) is 0 Å². The van der Waals surface area contributed by atoms with Crippen molar-refractivity contribution in [2.24, 2.45) is 56.7 Å². The Morgan fingerprint density at radius 2 is 1.49 bits per heavy atom. The third-order valence-corrected chi connectivity index (χ3v) is 13.7. The first-order valence-corrected chi connectivity index (χ1v) is 14.9. The van der Waals surface area contributed by atoms with E-state index < -0.39 is 17.1 Å². The summed E-state index contributed by atoms with van der Waals surface area (Å²) < 4.78 is 6.16. The summed E-state index contributed by atoms with van der Waals surface area (Å²) in [5.74, 6) is 1.10. The van der Waals surface area contributed by atoms with Crippen LogP contribution in [0.25, 0.3) is 0 Å². The van der Waals surface area contributed by atoms with Crippen LogP contribution < -0.4 is 0 Å². The Labute approximate surface area is 224 Å². The lowest BCUT2D eigenvalue weighted by Crippen LogP contribution is -2.71. The average molecular weight is 517 g/mol. The van der Waals surface area contributed by atoms with Crippen molar-refractivity contribution in [3.8, 4) is 0 Å². The second-order valence-electron chi connectivity index (χ2n) is 16.1. The standard InChI is InChI=1S/C32H52O5/c1-18(33)37-21-17-32(9)23(30(7)15-13-24(35)27(2,3)26(21)30)11-10-22-29(6)14-12-19(28(4,5)36)25(29)20(34)16-31(22,32)8/h19-23,25-26,34,36H,10-17H2,1-9H3. The van der Waals surface area contributed by atoms with Gasteiger partial charge in [-0.1, -0.05) is 41.5 Å². The van der Waals surface area contributed by atoms with Crippen LogP contribution in [-0.4, -0.2) is 39.8 Å². The maximum Gasteiger partial charge on any atom is 0.302 e. The van der Waals surface area contributed by atoms with Crippen molar-refractivity contribution >= 4 is 11.8 Å². The minimum atomic E-state index is -0.801. The van der Waals surface area contributed by atoms with Gasteiger partial charge in [-0.05, 0) is 104 Å². The fourth-order valence-corrected chi connectivity index (χ4v) is 12.4. The Bertz CT molecular complexity index is 980. The van der Waals surface area contributed by atoms with Crippen molar-refractivity contribution in [3.63, 3.8) is 0 Å². The highest BCUT2D eigenvalue weighted by Gasteiger charge is 2.74. The highest BCUT2D eigenvalue weighted by Crippen LogP contribution is 2.78. The fraction of sp³-hybridized carbons (Fsp3) is 0.938. The Morgan fingerprint density at radius 3 is 2.05 bits per heavy atom. The first-order valence-electron chi connectivity index (χ1n) is 14.9. The third-order valence-electron chi connectivity index (χ3n) is 13.7. The second kappa shape index (κ2) is 8.05. The van der Waals surface area contributed by atoms with E-state index in [-0.39, 0.29) is 51.5 Å². The predicted octanol–water partition coefficient (Wildman–Crippen LogP) is 5.94. The van der Waals surface area contributed by atoms with Crippen LogP contribution in [0, 0.1) is 56.7 Å². The van der Waals surface area contributed by atoms with Crippen molar-refractivity contribution in [1.29, 1.82) is 0 Å². The van der Waals surface area contributed by atoms with Crippen molar-refractivity contribution in [3.05, 3.63) is 0 Å². The normalized spacial score (nSPS) is 52.9. The lowest BCUT2D eigenvalue weighted by atomic mass is 9.31. The molecule has 5 saturated carbocycles. The van der Waals surface area contributed by atoms with Crippen molar-refractivity contribution in [1.82, 2.24) is 0 Å². The Morgan fingerprint density at radius 1 is 0.919 bits per heavy atom. The smallest absolute Gasteiger partial charge is 0.302 e. The summed E-state index contributed by atoms with van der Waals surface area (Å²) >= 11 is 0. The molecular formula is C32H52O5. The zero-order valence-corrected chi connectivity index (χ0v) is 24.8. The summed E-state index contributed by atoms with van der Waals surface area (Å²) in [6, 6.07) is 0. The lowest BCUT2D eigenvalue weighted by molar-refractivity contribution is -0.279. The van der Waals surface area contributed by atoms with Gasteiger partial charge in [-0.3, -0.25) is 9.59 Å². The summed E-state index contributed by atoms with van der Waals surface area (Å²) in [7, 11) is 0. The molecule has 5 aliphatic rings. The molecule has 37 heavy (non-hydrogen) atoms. The number of carbonyl (C=O) groups is 2. The molecule has 0 aromatic rings. The van der Waals surface area contributed by atoms with Crippen LogP contribution >= 0.6 is 0 Å². The molecule has 0 heterocycles. The molecule has 5 heteroatoms. The number of aliphatic hydroxyl groups excluding tert-OH is 1. The highest BCUT2D eigenvalue weighted by atomic mass is 16.5. The average Bonchev–Trinajstić information content (AvgIpc) is 3.10. The Hall–Kier alpha value is -0.940. The summed E-state index contributed by atoms with van der Waals surface area (Å²) in [4.78, 5) is 25.6. The number of fused-ring (bicyclic) bond motifs is 7. The summed E-state index contributed by atoms with van der Waals surface area (Å²) in [6.45, 7) is 19.1. The molecule has 0 amide bonds. The Balaban J connectivity index is 1.61. The van der Waals surface area contributed by atoms with Gasteiger partial charge in [0.2, 0.25) is 0 Å². The summed E-state index contributed by atoms with van der Waals surface area (Å²) in [5, 5.41) is 22.9. The molecule has 0 spiro atoms.